The van der Waals surface area contributed by atoms with E-state index >= 15 is 0 Å². The van der Waals surface area contributed by atoms with Crippen LogP contribution in [0.3, 0.4) is 0 Å². The van der Waals surface area contributed by atoms with Gasteiger partial charge in [0.15, 0.2) is 0 Å². The number of hydrogen-bond acceptors (Lipinski definition) is 16. The molecule has 6 aromatic carbocycles. The molecule has 6 heterocycles. The molecule has 3 atom stereocenters. The molecule has 0 aliphatic carbocycles. The Morgan fingerprint density at radius 2 is 0.980 bits per heavy atom. The van der Waals surface area contributed by atoms with E-state index in [1.54, 1.807) is 67.5 Å². The van der Waals surface area contributed by atoms with E-state index in [1.165, 1.54) is 12.5 Å². The highest BCUT2D eigenvalue weighted by atomic mass is 79.9. The smallest absolute Gasteiger partial charge is 0.335 e. The summed E-state index contributed by atoms with van der Waals surface area (Å²) in [6.45, 7) is 5.94. The van der Waals surface area contributed by atoms with Crippen LogP contribution >= 0.6 is 39.9 Å². The van der Waals surface area contributed by atoms with E-state index in [2.05, 4.69) is 73.2 Å². The van der Waals surface area contributed by atoms with Gasteiger partial charge < -0.3 is 46.0 Å². The number of likely N-dealkylation sites (N-methyl/N-ethyl adjacent to an activating group) is 2. The largest absolute Gasteiger partial charge is 0.478 e. The van der Waals surface area contributed by atoms with Crippen LogP contribution in [0, 0.1) is 17.8 Å². The van der Waals surface area contributed by atoms with Crippen molar-refractivity contribution in [2.75, 3.05) is 116 Å². The maximum atomic E-state index is 13.0. The minimum Gasteiger partial charge on any atom is -0.478 e. The van der Waals surface area contributed by atoms with Crippen LogP contribution in [-0.2, 0) is 28.9 Å². The summed E-state index contributed by atoms with van der Waals surface area (Å²) in [6.07, 6.45) is 17.8. The molecule has 3 aromatic heterocycles. The van der Waals surface area contributed by atoms with Crippen LogP contribution in [0.2, 0.25) is 0 Å². The Labute approximate surface area is 594 Å². The topological polar surface area (TPSA) is 244 Å². The SMILES string of the molecule is CN(C)C/C=C/C(=O)N(C)c1ccc(C(=O)N2CC[C@@H](Cc3ncc4ccccc4n3)C2)cc1.CNC.CNc1ccc(C(=O)N2CC[C@@H](Cc3ncc4ccccc4n3)C2)cc1.CNc1ccc(C(=O)O)cc1.Cl.O=C(Cl)/C=C/CBr.c1ccc2nc(C[C@@H]3CCNC3)ncc2c1. The van der Waals surface area contributed by atoms with Gasteiger partial charge in [0, 0.05) is 147 Å². The first kappa shape index (κ1) is 77.9. The van der Waals surface area contributed by atoms with Gasteiger partial charge in [-0.1, -0.05) is 82.7 Å². The number of amides is 3. The Balaban J connectivity index is 0.000000208. The number of carboxylic acids is 1. The highest BCUT2D eigenvalue weighted by Crippen LogP contribution is 2.26. The fraction of sp³-hybridized carbons (Fsp3) is 0.320. The molecule has 516 valence electrons. The van der Waals surface area contributed by atoms with E-state index in [1.807, 2.05) is 178 Å². The van der Waals surface area contributed by atoms with Crippen LogP contribution in [0.15, 0.2) is 188 Å². The lowest BCUT2D eigenvalue weighted by molar-refractivity contribution is -0.114. The highest BCUT2D eigenvalue weighted by Gasteiger charge is 2.29. The molecule has 0 unspecified atom stereocenters. The number of fused-ring (bicyclic) bond motifs is 3. The molecule has 0 bridgehead atoms. The summed E-state index contributed by atoms with van der Waals surface area (Å²) in [4.78, 5) is 93.1. The minimum absolute atomic E-state index is 0. The van der Waals surface area contributed by atoms with Crippen molar-refractivity contribution < 1.29 is 29.1 Å². The van der Waals surface area contributed by atoms with Gasteiger partial charge in [0.2, 0.25) is 11.1 Å². The number of carbonyl (C=O) groups is 5. The number of carbonyl (C=O) groups excluding carboxylic acids is 4. The van der Waals surface area contributed by atoms with E-state index in [0.717, 1.165) is 138 Å². The molecule has 20 nitrogen and oxygen atoms in total. The second-order valence-corrected chi connectivity index (χ2v) is 24.8. The summed E-state index contributed by atoms with van der Waals surface area (Å²) in [5.74, 6) is 3.28. The lowest BCUT2D eigenvalue weighted by Crippen LogP contribution is -2.29. The molecule has 12 rings (SSSR count). The lowest BCUT2D eigenvalue weighted by atomic mass is 10.0. The maximum absolute atomic E-state index is 13.0. The van der Waals surface area contributed by atoms with Crippen LogP contribution < -0.4 is 26.2 Å². The van der Waals surface area contributed by atoms with E-state index in [4.69, 9.17) is 16.7 Å². The second kappa shape index (κ2) is 41.2. The van der Waals surface area contributed by atoms with Crippen LogP contribution in [0.25, 0.3) is 32.7 Å². The molecule has 23 heteroatoms. The third kappa shape index (κ3) is 25.1. The first-order chi connectivity index (χ1) is 47.0. The fourth-order valence-corrected chi connectivity index (χ4v) is 11.1. The molecule has 3 saturated heterocycles. The van der Waals surface area contributed by atoms with Crippen molar-refractivity contribution in [1.82, 2.24) is 55.2 Å². The first-order valence-electron chi connectivity index (χ1n) is 32.4. The zero-order valence-electron chi connectivity index (χ0n) is 56.7. The molecule has 0 spiro atoms. The molecule has 0 radical (unpaired) electrons. The number of halogens is 3. The number of aromatic carboxylic acids is 1. The number of benzene rings is 6. The number of nitrogens with zero attached hydrogens (tertiary/aromatic N) is 10. The molecule has 5 N–H and O–H groups in total. The van der Waals surface area contributed by atoms with E-state index in [-0.39, 0.29) is 30.1 Å². The Kier molecular flexibility index (Phi) is 32.8. The fourth-order valence-electron chi connectivity index (χ4n) is 10.8. The molecule has 0 saturated carbocycles. The predicted octanol–water partition coefficient (Wildman–Crippen LogP) is 12.0. The van der Waals surface area contributed by atoms with E-state index in [9.17, 15) is 24.0 Å². The number of carboxylic acid groups (broad SMARTS) is 1. The van der Waals surface area contributed by atoms with Crippen molar-refractivity contribution >= 4 is 119 Å². The van der Waals surface area contributed by atoms with Gasteiger partial charge >= 0.3 is 5.97 Å². The summed E-state index contributed by atoms with van der Waals surface area (Å²) >= 11 is 7.99. The number of hydrogen-bond donors (Lipinski definition) is 5. The van der Waals surface area contributed by atoms with Gasteiger partial charge in [-0.05, 0) is 187 Å². The summed E-state index contributed by atoms with van der Waals surface area (Å²) in [5.41, 5.74) is 7.35. The number of allylic oxidation sites excluding steroid dienone is 2. The van der Waals surface area contributed by atoms with Crippen LogP contribution in [0.1, 0.15) is 67.8 Å². The number of rotatable bonds is 17. The summed E-state index contributed by atoms with van der Waals surface area (Å²) < 4.78 is 0. The summed E-state index contributed by atoms with van der Waals surface area (Å²) in [5, 5.41) is 24.1. The highest BCUT2D eigenvalue weighted by molar-refractivity contribution is 9.09. The molecule has 3 aliphatic rings. The Morgan fingerprint density at radius 3 is 1.35 bits per heavy atom. The molecular formula is C75H89BrCl2N14O6. The number of anilines is 3. The first-order valence-corrected chi connectivity index (χ1v) is 33.9. The van der Waals surface area contributed by atoms with Crippen molar-refractivity contribution in [3.8, 4) is 0 Å². The van der Waals surface area contributed by atoms with Gasteiger partial charge in [-0.2, -0.15) is 0 Å². The van der Waals surface area contributed by atoms with Crippen molar-refractivity contribution in [3.05, 3.63) is 223 Å². The van der Waals surface area contributed by atoms with E-state index < -0.39 is 11.2 Å². The Hall–Kier alpha value is -9.09. The Bertz CT molecular complexity index is 4050. The van der Waals surface area contributed by atoms with Gasteiger partial charge in [0.05, 0.1) is 22.1 Å². The molecule has 9 aromatic rings. The van der Waals surface area contributed by atoms with Crippen molar-refractivity contribution in [2.45, 2.75) is 38.5 Å². The third-order valence-electron chi connectivity index (χ3n) is 16.1. The van der Waals surface area contributed by atoms with E-state index in [0.29, 0.717) is 47.3 Å². The molecule has 3 amide bonds. The molecule has 98 heavy (non-hydrogen) atoms. The number of nitrogens with one attached hydrogen (secondary N) is 4. The molecule has 3 aliphatic heterocycles. The second-order valence-electron chi connectivity index (χ2n) is 23.7. The third-order valence-corrected chi connectivity index (χ3v) is 16.6. The van der Waals surface area contributed by atoms with Gasteiger partial charge in [-0.15, -0.1) is 12.4 Å². The quantitative estimate of drug-likeness (QED) is 0.0323. The lowest BCUT2D eigenvalue weighted by Gasteiger charge is -2.18. The van der Waals surface area contributed by atoms with Crippen LogP contribution in [0.4, 0.5) is 17.1 Å². The van der Waals surface area contributed by atoms with Crippen molar-refractivity contribution in [3.63, 3.8) is 0 Å². The molecule has 3 fully saturated rings. The minimum atomic E-state index is -0.896. The van der Waals surface area contributed by atoms with Gasteiger partial charge in [-0.25, -0.2) is 34.7 Å². The maximum Gasteiger partial charge on any atom is 0.335 e. The predicted molar refractivity (Wildman–Crippen MR) is 401 cm³/mol. The van der Waals surface area contributed by atoms with Crippen LogP contribution in [-0.4, -0.2) is 179 Å². The Morgan fingerprint density at radius 1 is 0.571 bits per heavy atom. The van der Waals surface area contributed by atoms with Crippen LogP contribution in [0.5, 0.6) is 0 Å². The van der Waals surface area contributed by atoms with Crippen molar-refractivity contribution in [2.24, 2.45) is 17.8 Å². The summed E-state index contributed by atoms with van der Waals surface area (Å²) in [7, 11) is 13.0. The average Bonchev–Trinajstić information content (AvgIpc) is 1.67. The van der Waals surface area contributed by atoms with Gasteiger partial charge in [-0.3, -0.25) is 19.2 Å². The zero-order valence-corrected chi connectivity index (χ0v) is 59.8. The van der Waals surface area contributed by atoms with Crippen molar-refractivity contribution in [1.29, 1.82) is 0 Å². The molecular weight excluding hydrogens is 1340 g/mol. The number of likely N-dealkylation sites (tertiary alicyclic amines) is 2. The number of aromatic nitrogens is 6. The number of alkyl halides is 1. The zero-order chi connectivity index (χ0) is 69.5. The average molecular weight is 1430 g/mol. The summed E-state index contributed by atoms with van der Waals surface area (Å²) in [6, 6.07) is 45.6. The number of para-hydroxylation sites is 3. The van der Waals surface area contributed by atoms with Gasteiger partial charge in [0.25, 0.3) is 11.8 Å². The van der Waals surface area contributed by atoms with Gasteiger partial charge in [0.1, 0.15) is 17.5 Å². The normalized spacial score (nSPS) is 15.3. The monoisotopic (exact) mass is 1430 g/mol. The standard InChI is InChI=1S/C27H31N5O2.C21H22N4O.C13H15N3.C8H9NO2.C4H4BrClO.C2H7N.ClH/c1-30(2)15-6-9-26(33)31(3)23-12-10-21(11-13-23)27(34)32-16-14-20(19-32)17-25-28-18-22-7-4-5-8-24(22)29-25;1-22-18-8-6-16(7-9-18)21(26)25-11-10-15(14-25)12-20-23-13-17-4-2-3-5-19(17)24-20;1-2-4-12-11(3-1)9-15-13(16-12)7-10-5-6-14-8-10;1-9-7-4-2-6(3-5-7)8(10)11;5-3-1-2-4(6)7;1-3-2;/h4-13,18,20H,14-17,19H2,1-3H3;2-9,13,15,22H,10-12,14H2,1H3;1-4,9-10,14H,5-8H2;2-5,9H,1H3,(H,10,11);1-2H,3H2;3H,1-2H3;1H/b9-6+;;;;2-1+;;/t20-;15-;10-;;;;/m000..../s1.